The second-order valence-electron chi connectivity index (χ2n) is 6.41. The molecule has 0 atom stereocenters. The summed E-state index contributed by atoms with van der Waals surface area (Å²) < 4.78 is 0. The van der Waals surface area contributed by atoms with Crippen molar-refractivity contribution in [3.05, 3.63) is 134 Å². The van der Waals surface area contributed by atoms with Crippen LogP contribution in [0, 0.1) is 12.6 Å². The molecule has 0 unspecified atom stereocenters. The zero-order valence-corrected chi connectivity index (χ0v) is 21.4. The van der Waals surface area contributed by atoms with Crippen molar-refractivity contribution < 1.29 is 46.5 Å². The van der Waals surface area contributed by atoms with Crippen molar-refractivity contribution in [1.82, 2.24) is 0 Å². The Hall–Kier alpha value is -2.09. The molecule has 32 heavy (non-hydrogen) atoms. The maximum absolute atomic E-state index is 5.01. The van der Waals surface area contributed by atoms with Crippen molar-refractivity contribution in [1.29, 1.82) is 0 Å². The number of hydrogen-bond donors (Lipinski definition) is 0. The number of halogens is 2. The Kier molecular flexibility index (Phi) is 20.9. The fraction of sp³-hybridized carbons (Fsp3) is 0.103. The van der Waals surface area contributed by atoms with Crippen LogP contribution in [0.1, 0.15) is 19.8 Å². The van der Waals surface area contributed by atoms with Crippen LogP contribution in [-0.4, -0.2) is 0 Å². The van der Waals surface area contributed by atoms with E-state index in [1.165, 1.54) is 21.5 Å². The molecule has 0 heterocycles. The number of unbranched alkanes of at least 4 members (excludes halogenated alkanes) is 1. The third kappa shape index (κ3) is 12.7. The molecule has 0 aliphatic heterocycles. The van der Waals surface area contributed by atoms with Crippen LogP contribution >= 0.6 is 0 Å². The van der Waals surface area contributed by atoms with E-state index in [9.17, 15) is 0 Å². The normalized spacial score (nSPS) is 8.41. The van der Waals surface area contributed by atoms with Gasteiger partial charge >= 0.3 is 21.7 Å². The minimum absolute atomic E-state index is 0. The van der Waals surface area contributed by atoms with Gasteiger partial charge in [0.2, 0.25) is 0 Å². The van der Waals surface area contributed by atoms with Gasteiger partial charge in [-0.05, 0) is 0 Å². The molecule has 5 aromatic carbocycles. The van der Waals surface area contributed by atoms with Crippen molar-refractivity contribution >= 4 is 21.5 Å². The summed E-state index contributed by atoms with van der Waals surface area (Å²) >= 11 is 0. The first-order valence-corrected chi connectivity index (χ1v) is 10.0. The summed E-state index contributed by atoms with van der Waals surface area (Å²) in [5.41, 5.74) is 0. The van der Waals surface area contributed by atoms with E-state index >= 15 is 0 Å². The number of rotatable bonds is 2. The number of benzene rings is 3. The van der Waals surface area contributed by atoms with Crippen LogP contribution in [0.15, 0.2) is 121 Å². The Morgan fingerprint density at radius 3 is 1.47 bits per heavy atom. The molecule has 5 rings (SSSR count). The SMILES string of the molecule is [CH-]=CCCC.[Cl-].[Cl-].[Ti+2].[c-]1ccccc1.c1ccc2[cH-]ccc2c1.c1ccc2[cH-]ccc2c1. The molecule has 0 N–H and O–H groups in total. The van der Waals surface area contributed by atoms with E-state index in [4.69, 9.17) is 6.58 Å². The molecule has 0 aliphatic carbocycles. The molecule has 0 radical (unpaired) electrons. The van der Waals surface area contributed by atoms with Gasteiger partial charge in [0.25, 0.3) is 0 Å². The Bertz CT molecular complexity index is 895. The molecular weight excluding hydrogens is 467 g/mol. The first kappa shape index (κ1) is 32.1. The maximum Gasteiger partial charge on any atom is 2.00 e. The van der Waals surface area contributed by atoms with Crippen molar-refractivity contribution in [2.24, 2.45) is 0 Å². The third-order valence-electron chi connectivity index (χ3n) is 4.16. The predicted molar refractivity (Wildman–Crippen MR) is 128 cm³/mol. The van der Waals surface area contributed by atoms with E-state index in [2.05, 4.69) is 97.9 Å². The summed E-state index contributed by atoms with van der Waals surface area (Å²) in [5, 5.41) is 5.32. The first-order valence-electron chi connectivity index (χ1n) is 10.0. The minimum atomic E-state index is 0. The third-order valence-corrected chi connectivity index (χ3v) is 4.16. The molecule has 0 aliphatic rings. The second-order valence-corrected chi connectivity index (χ2v) is 6.41. The van der Waals surface area contributed by atoms with Crippen molar-refractivity contribution in [2.75, 3.05) is 0 Å². The predicted octanol–water partition coefficient (Wildman–Crippen LogP) is 2.39. The van der Waals surface area contributed by atoms with Gasteiger partial charge in [0.15, 0.2) is 0 Å². The number of allylic oxidation sites excluding steroid dienone is 1. The zero-order valence-electron chi connectivity index (χ0n) is 18.3. The van der Waals surface area contributed by atoms with Crippen LogP contribution < -0.4 is 24.8 Å². The van der Waals surface area contributed by atoms with E-state index in [1.807, 2.05) is 30.3 Å². The molecule has 0 aromatic heterocycles. The number of fused-ring (bicyclic) bond motifs is 2. The van der Waals surface area contributed by atoms with Gasteiger partial charge in [0, 0.05) is 0 Å². The van der Waals surface area contributed by atoms with Gasteiger partial charge < -0.3 is 31.4 Å². The average Bonchev–Trinajstić information content (AvgIpc) is 3.46. The van der Waals surface area contributed by atoms with Gasteiger partial charge in [0.05, 0.1) is 0 Å². The quantitative estimate of drug-likeness (QED) is 0.261. The van der Waals surface area contributed by atoms with E-state index < -0.39 is 0 Å². The van der Waals surface area contributed by atoms with Crippen LogP contribution in [0.5, 0.6) is 0 Å². The van der Waals surface area contributed by atoms with Crippen LogP contribution in [0.3, 0.4) is 0 Å². The Balaban J connectivity index is 0. The Labute approximate surface area is 220 Å². The monoisotopic (exact) mass is 494 g/mol. The van der Waals surface area contributed by atoms with Crippen LogP contribution in [0.4, 0.5) is 0 Å². The van der Waals surface area contributed by atoms with E-state index in [-0.39, 0.29) is 46.5 Å². The van der Waals surface area contributed by atoms with Gasteiger partial charge in [-0.25, -0.2) is 0 Å². The molecule has 166 valence electrons. The van der Waals surface area contributed by atoms with E-state index in [1.54, 1.807) is 6.08 Å². The van der Waals surface area contributed by atoms with Crippen LogP contribution in [0.2, 0.25) is 0 Å². The maximum atomic E-state index is 5.01. The second kappa shape index (κ2) is 20.8. The fourth-order valence-electron chi connectivity index (χ4n) is 2.65. The fourth-order valence-corrected chi connectivity index (χ4v) is 2.65. The minimum Gasteiger partial charge on any atom is -1.00 e. The van der Waals surface area contributed by atoms with Gasteiger partial charge in [0.1, 0.15) is 0 Å². The average molecular weight is 495 g/mol. The van der Waals surface area contributed by atoms with Crippen LogP contribution in [-0.2, 0) is 21.7 Å². The van der Waals surface area contributed by atoms with Gasteiger partial charge in [-0.2, -0.15) is 71.4 Å². The van der Waals surface area contributed by atoms with Gasteiger partial charge in [-0.15, -0.1) is 59.3 Å². The molecule has 0 spiro atoms. The summed E-state index contributed by atoms with van der Waals surface area (Å²) in [6, 6.07) is 41.8. The molecule has 0 amide bonds. The van der Waals surface area contributed by atoms with Crippen molar-refractivity contribution in [3.8, 4) is 0 Å². The molecule has 3 heteroatoms. The molecule has 0 bridgehead atoms. The topological polar surface area (TPSA) is 0 Å². The molecule has 0 fully saturated rings. The van der Waals surface area contributed by atoms with E-state index in [0.717, 1.165) is 12.8 Å². The molecule has 0 saturated carbocycles. The van der Waals surface area contributed by atoms with Gasteiger partial charge in [-0.1, -0.05) is 31.9 Å². The van der Waals surface area contributed by atoms with Gasteiger partial charge in [-0.3, -0.25) is 6.08 Å². The standard InChI is InChI=1S/2C9H7.C6H5.C5H9.2ClH.Ti/c2*1-2-5-9-7-3-6-8(9)4-1;1-2-4-6-5-3-1;1-3-5-4-2;;;/h2*1-7H;1-5H;1,3H,4-5H2,2H3;2*1H;/q4*-1;;;+2/p-2. The summed E-state index contributed by atoms with van der Waals surface area (Å²) in [7, 11) is 0. The molecular formula is C29H28Cl2Ti-4. The Morgan fingerprint density at radius 2 is 1.19 bits per heavy atom. The summed E-state index contributed by atoms with van der Waals surface area (Å²) in [6.45, 7) is 7.11. The summed E-state index contributed by atoms with van der Waals surface area (Å²) in [6.07, 6.45) is 3.89. The molecule has 5 aromatic rings. The summed E-state index contributed by atoms with van der Waals surface area (Å²) in [4.78, 5) is 0. The van der Waals surface area contributed by atoms with Crippen LogP contribution in [0.25, 0.3) is 21.5 Å². The first-order chi connectivity index (χ1) is 14.3. The zero-order chi connectivity index (χ0) is 20.6. The van der Waals surface area contributed by atoms with Crippen molar-refractivity contribution in [3.63, 3.8) is 0 Å². The Morgan fingerprint density at radius 1 is 0.719 bits per heavy atom. The number of hydrogen-bond acceptors (Lipinski definition) is 0. The van der Waals surface area contributed by atoms with Crippen molar-refractivity contribution in [2.45, 2.75) is 19.8 Å². The molecule has 0 saturated heterocycles. The largest absolute Gasteiger partial charge is 2.00 e. The molecule has 0 nitrogen and oxygen atoms in total. The smallest absolute Gasteiger partial charge is 1.00 e. The summed E-state index contributed by atoms with van der Waals surface area (Å²) in [5.74, 6) is 0. The van der Waals surface area contributed by atoms with E-state index in [0.29, 0.717) is 0 Å².